The summed E-state index contributed by atoms with van der Waals surface area (Å²) in [6, 6.07) is 51.0. The fourth-order valence-electron chi connectivity index (χ4n) is 8.39. The first-order valence-corrected chi connectivity index (χ1v) is 19.3. The van der Waals surface area contributed by atoms with E-state index >= 15 is 0 Å². The van der Waals surface area contributed by atoms with Gasteiger partial charge in [0.2, 0.25) is 0 Å². The number of rotatable bonds is 4. The van der Waals surface area contributed by atoms with Gasteiger partial charge in [-0.25, -0.2) is 15.0 Å². The minimum Gasteiger partial charge on any atom is -0.485 e. The van der Waals surface area contributed by atoms with Gasteiger partial charge in [-0.2, -0.15) is 0 Å². The van der Waals surface area contributed by atoms with Crippen molar-refractivity contribution in [1.29, 1.82) is 0 Å². The number of nitrogens with zero attached hydrogens (tertiary/aromatic N) is 3. The lowest BCUT2D eigenvalue weighted by Gasteiger charge is -2.18. The van der Waals surface area contributed by atoms with Crippen LogP contribution in [0.25, 0.3) is 92.4 Å². The lowest BCUT2D eigenvalue weighted by atomic mass is 9.89. The van der Waals surface area contributed by atoms with Crippen LogP contribution in [0.5, 0.6) is 5.75 Å². The maximum Gasteiger partial charge on any atom is 0.164 e. The van der Waals surface area contributed by atoms with Gasteiger partial charge in [0, 0.05) is 59.1 Å². The van der Waals surface area contributed by atoms with Crippen molar-refractivity contribution in [3.8, 4) is 39.7 Å². The van der Waals surface area contributed by atoms with Gasteiger partial charge >= 0.3 is 0 Å². The maximum atomic E-state index is 6.60. The predicted molar refractivity (Wildman–Crippen MR) is 225 cm³/mol. The van der Waals surface area contributed by atoms with E-state index in [1.807, 2.05) is 35.6 Å². The smallest absolute Gasteiger partial charge is 0.164 e. The summed E-state index contributed by atoms with van der Waals surface area (Å²) in [7, 11) is 0. The van der Waals surface area contributed by atoms with Crippen LogP contribution < -0.4 is 4.74 Å². The average Bonchev–Trinajstić information content (AvgIpc) is 3.93. The average molecular weight is 724 g/mol. The second-order valence-corrected chi connectivity index (χ2v) is 15.4. The molecular weight excluding hydrogens is 695 g/mol. The predicted octanol–water partition coefficient (Wildman–Crippen LogP) is 12.8. The van der Waals surface area contributed by atoms with Gasteiger partial charge in [-0.15, -0.1) is 11.3 Å². The van der Waals surface area contributed by atoms with Gasteiger partial charge < -0.3 is 9.15 Å². The lowest BCUT2D eigenvalue weighted by molar-refractivity contribution is 0.269. The van der Waals surface area contributed by atoms with Crippen molar-refractivity contribution in [2.45, 2.75) is 12.0 Å². The van der Waals surface area contributed by atoms with Crippen LogP contribution in [0.1, 0.15) is 17.3 Å². The number of para-hydroxylation sites is 2. The van der Waals surface area contributed by atoms with Gasteiger partial charge in [0.15, 0.2) is 17.5 Å². The molecule has 1 aliphatic heterocycles. The Morgan fingerprint density at radius 1 is 0.527 bits per heavy atom. The third kappa shape index (κ3) is 4.88. The molecule has 10 aromatic rings. The van der Waals surface area contributed by atoms with Gasteiger partial charge in [-0.1, -0.05) is 109 Å². The van der Waals surface area contributed by atoms with Crippen LogP contribution in [0.4, 0.5) is 0 Å². The third-order valence-corrected chi connectivity index (χ3v) is 12.2. The molecule has 12 rings (SSSR count). The number of thiophene rings is 1. The Balaban J connectivity index is 1.09. The molecule has 5 nitrogen and oxygen atoms in total. The fraction of sp³-hybridized carbons (Fsp3) is 0.0408. The number of aromatic nitrogens is 3. The SMILES string of the molecule is C1=CC2c3ccccc3OC2C=C1c1nc(-c2ccc3ccccc3c2)nc(-c2cc(-c3ccc4sc5ccccc5c4c3)cc3oc4ccccc4c23)n1. The van der Waals surface area contributed by atoms with Crippen molar-refractivity contribution in [3.63, 3.8) is 0 Å². The summed E-state index contributed by atoms with van der Waals surface area (Å²) < 4.78 is 15.6. The summed E-state index contributed by atoms with van der Waals surface area (Å²) in [6.07, 6.45) is 6.37. The molecular formula is C49H29N3O2S. The molecule has 0 N–H and O–H groups in total. The van der Waals surface area contributed by atoms with E-state index in [0.29, 0.717) is 17.5 Å². The van der Waals surface area contributed by atoms with Crippen LogP contribution in [0.3, 0.4) is 0 Å². The first-order valence-electron chi connectivity index (χ1n) is 18.5. The largest absolute Gasteiger partial charge is 0.485 e. The van der Waals surface area contributed by atoms with Gasteiger partial charge in [0.05, 0.1) is 0 Å². The van der Waals surface area contributed by atoms with E-state index in [2.05, 4.69) is 140 Å². The van der Waals surface area contributed by atoms with E-state index in [1.54, 1.807) is 0 Å². The van der Waals surface area contributed by atoms with Crippen LogP contribution in [0, 0.1) is 0 Å². The van der Waals surface area contributed by atoms with Gasteiger partial charge in [-0.05, 0) is 76.5 Å². The molecule has 6 heteroatoms. The van der Waals surface area contributed by atoms with E-state index in [9.17, 15) is 0 Å². The standard InChI is InChI=1S/C49H29N3O2S/c1-2-10-29-23-31(18-17-28(29)9-1)47-50-48(32-19-21-35-34-11-3-6-14-40(34)53-42(35)26-32)52-49(51-47)39-25-33(27-43-46(39)37-13-4-7-15-41(37)54-43)30-20-22-45-38(24-30)36-12-5-8-16-44(36)55-45/h1-27,35,42H. The molecule has 2 atom stereocenters. The van der Waals surface area contributed by atoms with Crippen molar-refractivity contribution in [3.05, 3.63) is 175 Å². The third-order valence-electron chi connectivity index (χ3n) is 11.1. The molecule has 0 radical (unpaired) electrons. The zero-order valence-corrected chi connectivity index (χ0v) is 30.1. The summed E-state index contributed by atoms with van der Waals surface area (Å²) in [5, 5.41) is 6.80. The minimum absolute atomic E-state index is 0.141. The molecule has 0 fully saturated rings. The summed E-state index contributed by atoms with van der Waals surface area (Å²) in [4.78, 5) is 15.7. The van der Waals surface area contributed by atoms with E-state index in [0.717, 1.165) is 66.3 Å². The maximum absolute atomic E-state index is 6.60. The Hall–Kier alpha value is -6.89. The monoisotopic (exact) mass is 723 g/mol. The highest BCUT2D eigenvalue weighted by molar-refractivity contribution is 7.25. The highest BCUT2D eigenvalue weighted by Gasteiger charge is 2.34. The highest BCUT2D eigenvalue weighted by atomic mass is 32.1. The second kappa shape index (κ2) is 11.8. The van der Waals surface area contributed by atoms with E-state index in [4.69, 9.17) is 24.1 Å². The Morgan fingerprint density at radius 3 is 2.25 bits per heavy atom. The Bertz CT molecular complexity index is 3280. The first kappa shape index (κ1) is 30.6. The summed E-state index contributed by atoms with van der Waals surface area (Å²) in [5.74, 6) is 2.86. The summed E-state index contributed by atoms with van der Waals surface area (Å²) >= 11 is 1.82. The number of fused-ring (bicyclic) bond motifs is 10. The van der Waals surface area contributed by atoms with Gasteiger partial charge in [0.25, 0.3) is 0 Å². The van der Waals surface area contributed by atoms with Crippen molar-refractivity contribution in [2.24, 2.45) is 0 Å². The summed E-state index contributed by atoms with van der Waals surface area (Å²) in [5.41, 5.74) is 7.66. The Kier molecular flexibility index (Phi) is 6.56. The van der Waals surface area contributed by atoms with E-state index < -0.39 is 0 Å². The molecule has 258 valence electrons. The van der Waals surface area contributed by atoms with Crippen LogP contribution in [0.2, 0.25) is 0 Å². The summed E-state index contributed by atoms with van der Waals surface area (Å²) in [6.45, 7) is 0. The fourth-order valence-corrected chi connectivity index (χ4v) is 9.47. The van der Waals surface area contributed by atoms with Crippen LogP contribution in [0.15, 0.2) is 168 Å². The number of hydrogen-bond donors (Lipinski definition) is 0. The van der Waals surface area contributed by atoms with Gasteiger partial charge in [-0.3, -0.25) is 0 Å². The molecule has 4 heterocycles. The van der Waals surface area contributed by atoms with E-state index in [-0.39, 0.29) is 12.0 Å². The highest BCUT2D eigenvalue weighted by Crippen LogP contribution is 2.44. The number of ether oxygens (including phenoxy) is 1. The molecule has 1 aliphatic carbocycles. The molecule has 3 aromatic heterocycles. The van der Waals surface area contributed by atoms with Gasteiger partial charge in [0.1, 0.15) is 23.0 Å². The molecule has 0 bridgehead atoms. The normalized spacial score (nSPS) is 16.2. The van der Waals surface area contributed by atoms with Crippen LogP contribution in [-0.2, 0) is 0 Å². The van der Waals surface area contributed by atoms with Crippen molar-refractivity contribution in [1.82, 2.24) is 15.0 Å². The first-order chi connectivity index (χ1) is 27.2. The van der Waals surface area contributed by atoms with Crippen molar-refractivity contribution in [2.75, 3.05) is 0 Å². The molecule has 0 spiro atoms. The molecule has 0 saturated heterocycles. The number of hydrogen-bond acceptors (Lipinski definition) is 6. The van der Waals surface area contributed by atoms with Crippen LogP contribution >= 0.6 is 11.3 Å². The second-order valence-electron chi connectivity index (χ2n) is 14.3. The molecule has 2 unspecified atom stereocenters. The van der Waals surface area contributed by atoms with Crippen molar-refractivity contribution < 1.29 is 9.15 Å². The van der Waals surface area contributed by atoms with E-state index in [1.165, 1.54) is 25.7 Å². The van der Waals surface area contributed by atoms with Crippen LogP contribution in [-0.4, -0.2) is 21.1 Å². The molecule has 0 amide bonds. The topological polar surface area (TPSA) is 61.0 Å². The number of allylic oxidation sites excluding steroid dienone is 2. The molecule has 55 heavy (non-hydrogen) atoms. The molecule has 0 saturated carbocycles. The van der Waals surface area contributed by atoms with Crippen molar-refractivity contribution >= 4 is 69.8 Å². The lowest BCUT2D eigenvalue weighted by Crippen LogP contribution is -2.18. The Morgan fingerprint density at radius 2 is 1.29 bits per heavy atom. The zero-order chi connectivity index (χ0) is 36.0. The number of benzene rings is 7. The zero-order valence-electron chi connectivity index (χ0n) is 29.3. The number of furan rings is 1. The molecule has 7 aromatic carbocycles. The minimum atomic E-state index is -0.141. The quantitative estimate of drug-likeness (QED) is 0.181. The molecule has 2 aliphatic rings. The Labute approximate surface area is 319 Å².